The Labute approximate surface area is 343 Å². The summed E-state index contributed by atoms with van der Waals surface area (Å²) < 4.78 is 11.7. The molecule has 4 heteroatoms. The average Bonchev–Trinajstić information content (AvgIpc) is 3.99. The lowest BCUT2D eigenvalue weighted by molar-refractivity contribution is 0.670. The Morgan fingerprint density at radius 2 is 0.966 bits per heavy atom. The number of para-hydroxylation sites is 1. The molecule has 0 spiro atoms. The number of thiophene rings is 2. The third kappa shape index (κ3) is 5.30. The lowest BCUT2D eigenvalue weighted by atomic mass is 10.00. The van der Waals surface area contributed by atoms with E-state index in [1.807, 2.05) is 22.7 Å². The Morgan fingerprint density at radius 3 is 1.78 bits per heavy atom. The van der Waals surface area contributed by atoms with Gasteiger partial charge in [0.1, 0.15) is 11.2 Å². The third-order valence-corrected chi connectivity index (χ3v) is 13.9. The highest BCUT2D eigenvalue weighted by Crippen LogP contribution is 2.48. The second-order valence-electron chi connectivity index (χ2n) is 14.8. The molecule has 3 heterocycles. The molecule has 3 aromatic heterocycles. The van der Waals surface area contributed by atoms with E-state index in [9.17, 15) is 0 Å². The van der Waals surface area contributed by atoms with Gasteiger partial charge in [-0.3, -0.25) is 0 Å². The molecule has 0 saturated carbocycles. The molecule has 0 N–H and O–H groups in total. The number of hydrogen-bond acceptors (Lipinski definition) is 4. The van der Waals surface area contributed by atoms with E-state index in [1.54, 1.807) is 0 Å². The maximum atomic E-state index is 6.51. The average molecular weight is 776 g/mol. The highest BCUT2D eigenvalue weighted by atomic mass is 32.1. The van der Waals surface area contributed by atoms with E-state index in [4.69, 9.17) is 4.42 Å². The van der Waals surface area contributed by atoms with Crippen LogP contribution in [-0.4, -0.2) is 0 Å². The fourth-order valence-corrected chi connectivity index (χ4v) is 11.2. The fourth-order valence-electron chi connectivity index (χ4n) is 8.73. The Kier molecular flexibility index (Phi) is 7.62. The van der Waals surface area contributed by atoms with Gasteiger partial charge in [0.15, 0.2) is 0 Å². The van der Waals surface area contributed by atoms with Gasteiger partial charge in [0, 0.05) is 63.4 Å². The van der Waals surface area contributed by atoms with Gasteiger partial charge in [0.05, 0.1) is 10.4 Å². The van der Waals surface area contributed by atoms with Crippen LogP contribution in [0.15, 0.2) is 205 Å². The summed E-state index contributed by atoms with van der Waals surface area (Å²) in [6.07, 6.45) is 0. The molecule has 0 aliphatic heterocycles. The number of rotatable bonds is 6. The molecule has 0 unspecified atom stereocenters. The Hall–Kier alpha value is -6.98. The predicted octanol–water partition coefficient (Wildman–Crippen LogP) is 16.8. The van der Waals surface area contributed by atoms with Gasteiger partial charge in [-0.1, -0.05) is 146 Å². The molecular formula is C54H33NOS2. The number of anilines is 3. The summed E-state index contributed by atoms with van der Waals surface area (Å²) in [7, 11) is 0. The van der Waals surface area contributed by atoms with Crippen molar-refractivity contribution in [2.45, 2.75) is 0 Å². The van der Waals surface area contributed by atoms with Gasteiger partial charge in [0.2, 0.25) is 0 Å². The fraction of sp³-hybridized carbons (Fsp3) is 0. The predicted molar refractivity (Wildman–Crippen MR) is 250 cm³/mol. The summed E-state index contributed by atoms with van der Waals surface area (Å²) in [5, 5.41) is 7.39. The quantitative estimate of drug-likeness (QED) is 0.167. The Balaban J connectivity index is 1.01. The van der Waals surface area contributed by atoms with E-state index in [0.717, 1.165) is 55.6 Å². The van der Waals surface area contributed by atoms with Crippen molar-refractivity contribution in [3.05, 3.63) is 200 Å². The van der Waals surface area contributed by atoms with Crippen LogP contribution in [0.4, 0.5) is 17.1 Å². The van der Waals surface area contributed by atoms with Gasteiger partial charge in [-0.15, -0.1) is 22.7 Å². The number of fused-ring (bicyclic) bond motifs is 9. The number of nitrogens with zero attached hydrogens (tertiary/aromatic N) is 1. The molecule has 2 nitrogen and oxygen atoms in total. The molecule has 0 amide bonds. The molecule has 58 heavy (non-hydrogen) atoms. The first kappa shape index (κ1) is 33.2. The molecule has 12 aromatic rings. The van der Waals surface area contributed by atoms with Gasteiger partial charge in [0.25, 0.3) is 0 Å². The second kappa shape index (κ2) is 13.3. The van der Waals surface area contributed by atoms with Crippen LogP contribution < -0.4 is 4.90 Å². The van der Waals surface area contributed by atoms with Crippen LogP contribution >= 0.6 is 22.7 Å². The summed E-state index contributed by atoms with van der Waals surface area (Å²) in [6.45, 7) is 0. The smallest absolute Gasteiger partial charge is 0.143 e. The zero-order valence-electron chi connectivity index (χ0n) is 31.2. The first-order valence-electron chi connectivity index (χ1n) is 19.6. The van der Waals surface area contributed by atoms with Crippen LogP contribution in [0.1, 0.15) is 0 Å². The molecule has 0 atom stereocenters. The van der Waals surface area contributed by atoms with E-state index in [2.05, 4.69) is 205 Å². The molecule has 0 aliphatic carbocycles. The van der Waals surface area contributed by atoms with E-state index in [0.29, 0.717) is 0 Å². The molecule has 0 saturated heterocycles. The Morgan fingerprint density at radius 1 is 0.345 bits per heavy atom. The topological polar surface area (TPSA) is 16.4 Å². The molecule has 0 fully saturated rings. The van der Waals surface area contributed by atoms with Crippen molar-refractivity contribution in [2.75, 3.05) is 4.90 Å². The summed E-state index contributed by atoms with van der Waals surface area (Å²) in [6, 6.07) is 72.6. The Bertz CT molecular complexity index is 3500. The zero-order valence-corrected chi connectivity index (χ0v) is 32.9. The lowest BCUT2D eigenvalue weighted by Crippen LogP contribution is -2.10. The van der Waals surface area contributed by atoms with Crippen molar-refractivity contribution < 1.29 is 4.42 Å². The van der Waals surface area contributed by atoms with Crippen LogP contribution in [-0.2, 0) is 0 Å². The van der Waals surface area contributed by atoms with Gasteiger partial charge in [-0.2, -0.15) is 0 Å². The highest BCUT2D eigenvalue weighted by molar-refractivity contribution is 7.27. The third-order valence-electron chi connectivity index (χ3n) is 11.5. The second-order valence-corrected chi connectivity index (χ2v) is 16.9. The van der Waals surface area contributed by atoms with Crippen molar-refractivity contribution in [1.29, 1.82) is 0 Å². The SMILES string of the molecule is c1ccc(-c2cccc3c2oc2ccc(-c4ccc(N(c5ccc6sc7ccccc7c6c5)c5cccc6c5sc5c(-c7ccccc7)cccc56)cc4)cc23)cc1. The summed E-state index contributed by atoms with van der Waals surface area (Å²) in [4.78, 5) is 2.45. The maximum absolute atomic E-state index is 6.51. The first-order valence-corrected chi connectivity index (χ1v) is 21.2. The normalized spacial score (nSPS) is 11.8. The van der Waals surface area contributed by atoms with Gasteiger partial charge >= 0.3 is 0 Å². The van der Waals surface area contributed by atoms with E-state index in [-0.39, 0.29) is 0 Å². The molecule has 272 valence electrons. The maximum Gasteiger partial charge on any atom is 0.143 e. The van der Waals surface area contributed by atoms with Crippen molar-refractivity contribution in [2.24, 2.45) is 0 Å². The lowest BCUT2D eigenvalue weighted by Gasteiger charge is -2.26. The monoisotopic (exact) mass is 775 g/mol. The summed E-state index contributed by atoms with van der Waals surface area (Å²) in [5.41, 5.74) is 12.3. The largest absolute Gasteiger partial charge is 0.455 e. The van der Waals surface area contributed by atoms with E-state index >= 15 is 0 Å². The van der Waals surface area contributed by atoms with Crippen molar-refractivity contribution in [3.63, 3.8) is 0 Å². The summed E-state index contributed by atoms with van der Waals surface area (Å²) >= 11 is 3.75. The minimum Gasteiger partial charge on any atom is -0.455 e. The number of furan rings is 1. The number of benzene rings is 9. The van der Waals surface area contributed by atoms with Gasteiger partial charge in [-0.05, 0) is 82.4 Å². The molecular weight excluding hydrogens is 743 g/mol. The van der Waals surface area contributed by atoms with Crippen LogP contribution in [0.2, 0.25) is 0 Å². The van der Waals surface area contributed by atoms with E-state index < -0.39 is 0 Å². The van der Waals surface area contributed by atoms with Crippen LogP contribution in [0, 0.1) is 0 Å². The van der Waals surface area contributed by atoms with Crippen molar-refractivity contribution in [3.8, 4) is 33.4 Å². The molecule has 12 rings (SSSR count). The molecule has 0 bridgehead atoms. The molecule has 0 radical (unpaired) electrons. The number of hydrogen-bond donors (Lipinski definition) is 0. The zero-order chi connectivity index (χ0) is 38.2. The van der Waals surface area contributed by atoms with Crippen LogP contribution in [0.5, 0.6) is 0 Å². The minimum atomic E-state index is 0.896. The van der Waals surface area contributed by atoms with Crippen molar-refractivity contribution >= 4 is 102 Å². The standard InChI is InChI=1S/C54H33NOS2/c1-3-12-35(13-4-1)40-17-9-19-43-46-32-37(26-30-49(46)56-52(40)43)34-24-27-38(28-25-34)55(39-29-31-51-47(33-39)42-16-7-8-23-50(42)57-51)48-22-11-21-45-44-20-10-18-41(53(44)58-54(45)48)36-14-5-2-6-15-36/h1-33H. The first-order chi connectivity index (χ1) is 28.7. The van der Waals surface area contributed by atoms with Crippen LogP contribution in [0.3, 0.4) is 0 Å². The van der Waals surface area contributed by atoms with Gasteiger partial charge < -0.3 is 9.32 Å². The minimum absolute atomic E-state index is 0.896. The van der Waals surface area contributed by atoms with Gasteiger partial charge in [-0.25, -0.2) is 0 Å². The highest BCUT2D eigenvalue weighted by Gasteiger charge is 2.21. The van der Waals surface area contributed by atoms with Crippen LogP contribution in [0.25, 0.3) is 95.7 Å². The molecule has 0 aliphatic rings. The summed E-state index contributed by atoms with van der Waals surface area (Å²) in [5.74, 6) is 0. The van der Waals surface area contributed by atoms with Crippen molar-refractivity contribution in [1.82, 2.24) is 0 Å². The molecule has 9 aromatic carbocycles. The van der Waals surface area contributed by atoms with E-state index in [1.165, 1.54) is 57.2 Å².